The zero-order valence-electron chi connectivity index (χ0n) is 14.7. The summed E-state index contributed by atoms with van der Waals surface area (Å²) in [6, 6.07) is 20.9. The minimum Gasteiger partial charge on any atom is -0.399 e. The fraction of sp³-hybridized carbons (Fsp3) is 0.0526. The van der Waals surface area contributed by atoms with E-state index in [1.54, 1.807) is 48.5 Å². The van der Waals surface area contributed by atoms with Gasteiger partial charge >= 0.3 is 0 Å². The smallest absolute Gasteiger partial charge is 0.286 e. The molecule has 0 saturated heterocycles. The average Bonchev–Trinajstić information content (AvgIpc) is 2.68. The molecule has 0 aliphatic heterocycles. The zero-order chi connectivity index (χ0) is 21.2. The van der Waals surface area contributed by atoms with Gasteiger partial charge in [0.25, 0.3) is 13.1 Å². The average molecular weight is 490 g/mol. The summed E-state index contributed by atoms with van der Waals surface area (Å²) in [5.41, 5.74) is 7.31. The maximum atomic E-state index is 13.6. The molecular formula is C19H15Cl3N2O3S2. The molecule has 0 aliphatic rings. The summed E-state index contributed by atoms with van der Waals surface area (Å²) in [6.45, 7) is 0. The lowest BCUT2D eigenvalue weighted by atomic mass is 10.1. The fourth-order valence-electron chi connectivity index (χ4n) is 2.67. The van der Waals surface area contributed by atoms with Crippen LogP contribution in [0.3, 0.4) is 0 Å². The van der Waals surface area contributed by atoms with Gasteiger partial charge in [-0.25, -0.2) is 12.6 Å². The molecule has 0 fully saturated rings. The Morgan fingerprint density at radius 1 is 0.862 bits per heavy atom. The van der Waals surface area contributed by atoms with Gasteiger partial charge in [-0.3, -0.25) is 0 Å². The van der Waals surface area contributed by atoms with Crippen molar-refractivity contribution >= 4 is 67.2 Å². The molecule has 10 heteroatoms. The Morgan fingerprint density at radius 3 is 1.97 bits per heavy atom. The van der Waals surface area contributed by atoms with Crippen LogP contribution in [0.5, 0.6) is 0 Å². The van der Waals surface area contributed by atoms with Crippen LogP contribution in [0.15, 0.2) is 83.8 Å². The molecule has 1 unspecified atom stereocenters. The number of nitrogens with two attached hydrogens (primary N) is 1. The molecule has 5 nitrogen and oxygen atoms in total. The molecule has 152 valence electrons. The number of halogens is 3. The third-order valence-electron chi connectivity index (χ3n) is 3.90. The van der Waals surface area contributed by atoms with E-state index in [0.29, 0.717) is 20.5 Å². The van der Waals surface area contributed by atoms with E-state index < -0.39 is 24.1 Å². The Labute approximate surface area is 186 Å². The first kappa shape index (κ1) is 21.9. The molecule has 0 bridgehead atoms. The molecule has 0 heterocycles. The van der Waals surface area contributed by atoms with E-state index in [1.165, 1.54) is 30.3 Å². The highest BCUT2D eigenvalue weighted by Gasteiger charge is 2.42. The molecule has 0 saturated carbocycles. The van der Waals surface area contributed by atoms with Crippen LogP contribution in [-0.2, 0) is 21.0 Å². The SMILES string of the molecule is Nc1ccc(S(=O)(=O)N(c2ccccc2)S(=O)C(Cl)(Cl)Cl)c(-c2ccccc2)c1. The molecule has 0 amide bonds. The van der Waals surface area contributed by atoms with E-state index in [0.717, 1.165) is 0 Å². The van der Waals surface area contributed by atoms with Crippen LogP contribution < -0.4 is 9.44 Å². The number of nitrogens with zero attached hydrogens (tertiary/aromatic N) is 1. The first-order chi connectivity index (χ1) is 13.6. The largest absolute Gasteiger partial charge is 0.399 e. The van der Waals surface area contributed by atoms with Gasteiger partial charge in [0.05, 0.1) is 10.6 Å². The van der Waals surface area contributed by atoms with Crippen molar-refractivity contribution in [2.45, 2.75) is 8.02 Å². The fourth-order valence-corrected chi connectivity index (χ4v) is 6.72. The van der Waals surface area contributed by atoms with Gasteiger partial charge in [-0.2, -0.15) is 3.71 Å². The van der Waals surface area contributed by atoms with E-state index in [4.69, 9.17) is 40.5 Å². The second kappa shape index (κ2) is 8.53. The molecule has 3 aromatic rings. The summed E-state index contributed by atoms with van der Waals surface area (Å²) in [6.07, 6.45) is 0. The Hall–Kier alpha value is -1.77. The number of para-hydroxylation sites is 1. The number of anilines is 2. The van der Waals surface area contributed by atoms with E-state index in [9.17, 15) is 12.6 Å². The van der Waals surface area contributed by atoms with Crippen LogP contribution in [0, 0.1) is 0 Å². The molecule has 0 radical (unpaired) electrons. The molecule has 0 spiro atoms. The molecular weight excluding hydrogens is 475 g/mol. The molecule has 3 rings (SSSR count). The summed E-state index contributed by atoms with van der Waals surface area (Å²) in [4.78, 5) is -0.121. The third kappa shape index (κ3) is 4.70. The maximum Gasteiger partial charge on any atom is 0.286 e. The van der Waals surface area contributed by atoms with Gasteiger partial charge in [-0.05, 0) is 35.9 Å². The van der Waals surface area contributed by atoms with Crippen molar-refractivity contribution in [2.75, 3.05) is 9.44 Å². The standard InChI is InChI=1S/C19H15Cl3N2O3S2/c20-19(21,22)28(25)24(16-9-5-2-6-10-16)29(26,27)18-12-11-15(23)13-17(18)14-7-3-1-4-8-14/h1-13H,23H2. The molecule has 0 aliphatic carbocycles. The highest BCUT2D eigenvalue weighted by molar-refractivity contribution is 8.09. The van der Waals surface area contributed by atoms with Gasteiger partial charge < -0.3 is 5.73 Å². The van der Waals surface area contributed by atoms with Gasteiger partial charge in [-0.15, -0.1) is 0 Å². The lowest BCUT2D eigenvalue weighted by molar-refractivity contribution is 0.597. The van der Waals surface area contributed by atoms with E-state index in [1.807, 2.05) is 0 Å². The van der Waals surface area contributed by atoms with Crippen molar-refractivity contribution in [3.63, 3.8) is 0 Å². The summed E-state index contributed by atoms with van der Waals surface area (Å²) < 4.78 is 38.5. The number of hydrogen-bond donors (Lipinski definition) is 1. The molecule has 0 aromatic heterocycles. The number of nitrogen functional groups attached to an aromatic ring is 1. The van der Waals surface area contributed by atoms with Crippen molar-refractivity contribution in [1.29, 1.82) is 0 Å². The summed E-state index contributed by atoms with van der Waals surface area (Å²) >= 11 is 17.4. The number of rotatable bonds is 5. The highest BCUT2D eigenvalue weighted by atomic mass is 35.6. The summed E-state index contributed by atoms with van der Waals surface area (Å²) in [5.74, 6) is 0. The highest BCUT2D eigenvalue weighted by Crippen LogP contribution is 2.39. The Balaban J connectivity index is 2.27. The van der Waals surface area contributed by atoms with Gasteiger partial charge in [0.2, 0.25) is 0 Å². The first-order valence-electron chi connectivity index (χ1n) is 8.16. The van der Waals surface area contributed by atoms with Crippen molar-refractivity contribution < 1.29 is 12.6 Å². The molecule has 29 heavy (non-hydrogen) atoms. The van der Waals surface area contributed by atoms with Crippen LogP contribution in [-0.4, -0.2) is 15.8 Å². The van der Waals surface area contributed by atoms with Crippen LogP contribution in [0.1, 0.15) is 0 Å². The monoisotopic (exact) mass is 488 g/mol. The van der Waals surface area contributed by atoms with E-state index in [-0.39, 0.29) is 10.6 Å². The minimum atomic E-state index is -4.41. The van der Waals surface area contributed by atoms with Crippen LogP contribution >= 0.6 is 34.8 Å². The summed E-state index contributed by atoms with van der Waals surface area (Å²) in [7, 11) is -6.96. The van der Waals surface area contributed by atoms with Gasteiger partial charge in [0.15, 0.2) is 11.0 Å². The number of benzene rings is 3. The van der Waals surface area contributed by atoms with Crippen LogP contribution in [0.4, 0.5) is 11.4 Å². The minimum absolute atomic E-state index is 0.0907. The van der Waals surface area contributed by atoms with E-state index >= 15 is 0 Å². The third-order valence-corrected chi connectivity index (χ3v) is 8.55. The number of hydrogen-bond acceptors (Lipinski definition) is 4. The lowest BCUT2D eigenvalue weighted by Crippen LogP contribution is -2.38. The van der Waals surface area contributed by atoms with Crippen LogP contribution in [0.2, 0.25) is 0 Å². The molecule has 2 N–H and O–H groups in total. The second-order valence-electron chi connectivity index (χ2n) is 5.88. The Morgan fingerprint density at radius 2 is 1.41 bits per heavy atom. The lowest BCUT2D eigenvalue weighted by Gasteiger charge is -2.27. The van der Waals surface area contributed by atoms with Gasteiger partial charge in [0.1, 0.15) is 0 Å². The van der Waals surface area contributed by atoms with Gasteiger partial charge in [0, 0.05) is 11.3 Å². The number of sulfonamides is 1. The topological polar surface area (TPSA) is 80.5 Å². The predicted molar refractivity (Wildman–Crippen MR) is 121 cm³/mol. The number of alkyl halides is 3. The first-order valence-corrected chi connectivity index (χ1v) is 11.8. The summed E-state index contributed by atoms with van der Waals surface area (Å²) in [5, 5.41) is 0. The van der Waals surface area contributed by atoms with Crippen molar-refractivity contribution in [1.82, 2.24) is 0 Å². The van der Waals surface area contributed by atoms with Crippen LogP contribution in [0.25, 0.3) is 11.1 Å². The Bertz CT molecular complexity index is 1140. The predicted octanol–water partition coefficient (Wildman–Crippen LogP) is 5.12. The van der Waals surface area contributed by atoms with Crippen molar-refractivity contribution in [3.8, 4) is 11.1 Å². The van der Waals surface area contributed by atoms with Gasteiger partial charge in [-0.1, -0.05) is 83.3 Å². The maximum absolute atomic E-state index is 13.6. The quantitative estimate of drug-likeness (QED) is 0.398. The molecule has 1 atom stereocenters. The second-order valence-corrected chi connectivity index (χ2v) is 12.3. The van der Waals surface area contributed by atoms with E-state index in [2.05, 4.69) is 0 Å². The Kier molecular flexibility index (Phi) is 6.45. The normalized spacial score (nSPS) is 13.1. The zero-order valence-corrected chi connectivity index (χ0v) is 18.6. The van der Waals surface area contributed by atoms with Crippen molar-refractivity contribution in [2.24, 2.45) is 0 Å². The van der Waals surface area contributed by atoms with Crippen molar-refractivity contribution in [3.05, 3.63) is 78.9 Å². The molecule has 3 aromatic carbocycles.